The van der Waals surface area contributed by atoms with Crippen LogP contribution >= 0.6 is 11.6 Å². The maximum atomic E-state index is 13.8. The molecule has 0 aliphatic heterocycles. The molecule has 1 aromatic heterocycles. The summed E-state index contributed by atoms with van der Waals surface area (Å²) in [6, 6.07) is 25.9. The Bertz CT molecular complexity index is 1610. The smallest absolute Gasteiger partial charge is 0.381 e. The summed E-state index contributed by atoms with van der Waals surface area (Å²) in [6.45, 7) is 0.514. The number of nitrogens with one attached hydrogen (secondary N) is 1. The van der Waals surface area contributed by atoms with Crippen LogP contribution in [0.15, 0.2) is 97.2 Å². The van der Waals surface area contributed by atoms with Crippen LogP contribution in [0, 0.1) is 0 Å². The molecule has 0 atom stereocenters. The summed E-state index contributed by atoms with van der Waals surface area (Å²) in [5.41, 5.74) is 3.67. The molecule has 37 heavy (non-hydrogen) atoms. The number of benzene rings is 4. The molecule has 0 radical (unpaired) electrons. The molecule has 5 aromatic rings. The van der Waals surface area contributed by atoms with Crippen LogP contribution in [-0.2, 0) is 12.7 Å². The van der Waals surface area contributed by atoms with E-state index < -0.39 is 11.7 Å². The van der Waals surface area contributed by atoms with Gasteiger partial charge in [-0.15, -0.1) is 0 Å². The lowest BCUT2D eigenvalue weighted by molar-refractivity contribution is -0.136. The van der Waals surface area contributed by atoms with Crippen molar-refractivity contribution in [2.24, 2.45) is 0 Å². The van der Waals surface area contributed by atoms with Gasteiger partial charge in [0.1, 0.15) is 0 Å². The number of halogens is 4. The second-order valence-electron chi connectivity index (χ2n) is 8.52. The lowest BCUT2D eigenvalue weighted by Gasteiger charge is -2.18. The number of pyridine rings is 1. The summed E-state index contributed by atoms with van der Waals surface area (Å²) in [4.78, 5) is 16.0. The Balaban J connectivity index is 1.69. The largest absolute Gasteiger partial charge is 0.418 e. The zero-order valence-corrected chi connectivity index (χ0v) is 20.1. The first-order valence-corrected chi connectivity index (χ1v) is 11.8. The second kappa shape index (κ2) is 10.1. The highest BCUT2D eigenvalue weighted by Gasteiger charge is 2.33. The summed E-state index contributed by atoms with van der Waals surface area (Å²) < 4.78 is 41.5. The lowest BCUT2D eigenvalue weighted by Crippen LogP contribution is -2.07. The maximum Gasteiger partial charge on any atom is 0.418 e. The van der Waals surface area contributed by atoms with Crippen LogP contribution < -0.4 is 5.32 Å². The molecule has 0 aliphatic rings. The number of carbonyl (C=O) groups excluding carboxylic acids is 1. The van der Waals surface area contributed by atoms with E-state index >= 15 is 0 Å². The molecule has 0 spiro atoms. The number of alkyl halides is 3. The van der Waals surface area contributed by atoms with Crippen LogP contribution in [0.1, 0.15) is 21.5 Å². The van der Waals surface area contributed by atoms with Gasteiger partial charge in [0.25, 0.3) is 0 Å². The van der Waals surface area contributed by atoms with Crippen LogP contribution in [0.3, 0.4) is 0 Å². The van der Waals surface area contributed by atoms with E-state index in [1.165, 1.54) is 12.3 Å². The molecule has 0 saturated heterocycles. The highest BCUT2D eigenvalue weighted by atomic mass is 35.5. The molecule has 1 heterocycles. The molecule has 184 valence electrons. The fourth-order valence-electron chi connectivity index (χ4n) is 4.45. The van der Waals surface area contributed by atoms with Gasteiger partial charge >= 0.3 is 6.18 Å². The third-order valence-electron chi connectivity index (χ3n) is 6.12. The number of hydrogen-bond donors (Lipinski definition) is 1. The Morgan fingerprint density at radius 2 is 1.65 bits per heavy atom. The minimum Gasteiger partial charge on any atom is -0.381 e. The number of anilines is 1. The van der Waals surface area contributed by atoms with Crippen LogP contribution in [0.5, 0.6) is 0 Å². The minimum atomic E-state index is -4.56. The lowest BCUT2D eigenvalue weighted by atomic mass is 9.89. The van der Waals surface area contributed by atoms with Crippen LogP contribution in [0.2, 0.25) is 5.02 Å². The van der Waals surface area contributed by atoms with Gasteiger partial charge in [-0.05, 0) is 47.0 Å². The fourth-order valence-corrected chi connectivity index (χ4v) is 4.66. The van der Waals surface area contributed by atoms with Gasteiger partial charge < -0.3 is 5.32 Å². The van der Waals surface area contributed by atoms with Gasteiger partial charge in [-0.2, -0.15) is 13.2 Å². The Morgan fingerprint density at radius 3 is 2.43 bits per heavy atom. The fraction of sp³-hybridized carbons (Fsp3) is 0.0667. The molecule has 3 nitrogen and oxygen atoms in total. The van der Waals surface area contributed by atoms with Crippen molar-refractivity contribution in [3.8, 4) is 22.3 Å². The second-order valence-corrected chi connectivity index (χ2v) is 8.95. The standard InChI is InChI=1S/C30H20ClF3N2O/c31-22-9-3-6-19(14-22)16-35-23-10-4-8-20(15-23)28-25-12-5-13-27(30(32,33)34)29(25)36-17-26(28)24-11-2-1-7-21(24)18-37/h1-15,17-18,35H,16H2. The van der Waals surface area contributed by atoms with Crippen molar-refractivity contribution in [2.45, 2.75) is 12.7 Å². The third-order valence-corrected chi connectivity index (χ3v) is 6.35. The van der Waals surface area contributed by atoms with E-state index in [0.717, 1.165) is 23.6 Å². The van der Waals surface area contributed by atoms with Crippen LogP contribution in [0.4, 0.5) is 18.9 Å². The van der Waals surface area contributed by atoms with Gasteiger partial charge in [0, 0.05) is 45.5 Å². The third kappa shape index (κ3) is 5.06. The number of hydrogen-bond acceptors (Lipinski definition) is 3. The predicted octanol–water partition coefficient (Wildman–Crippen LogP) is 8.67. The minimum absolute atomic E-state index is 0.144. The summed E-state index contributed by atoms with van der Waals surface area (Å²) in [6.07, 6.45) is -2.41. The Hall–Kier alpha value is -4.16. The van der Waals surface area contributed by atoms with Crippen molar-refractivity contribution in [1.82, 2.24) is 4.98 Å². The Labute approximate surface area is 216 Å². The monoisotopic (exact) mass is 516 g/mol. The molecular formula is C30H20ClF3N2O. The van der Waals surface area contributed by atoms with Gasteiger partial charge in [0.15, 0.2) is 6.29 Å². The van der Waals surface area contributed by atoms with Crippen molar-refractivity contribution in [3.05, 3.63) is 119 Å². The van der Waals surface area contributed by atoms with Crippen molar-refractivity contribution in [2.75, 3.05) is 5.32 Å². The van der Waals surface area contributed by atoms with E-state index in [0.29, 0.717) is 44.8 Å². The van der Waals surface area contributed by atoms with Crippen molar-refractivity contribution < 1.29 is 18.0 Å². The average molecular weight is 517 g/mol. The normalized spacial score (nSPS) is 11.5. The Morgan fingerprint density at radius 1 is 0.865 bits per heavy atom. The van der Waals surface area contributed by atoms with Crippen molar-refractivity contribution in [3.63, 3.8) is 0 Å². The Kier molecular flexibility index (Phi) is 6.68. The first kappa shape index (κ1) is 24.5. The molecule has 0 unspecified atom stereocenters. The molecule has 0 fully saturated rings. The van der Waals surface area contributed by atoms with Crippen LogP contribution in [-0.4, -0.2) is 11.3 Å². The molecule has 0 aliphatic carbocycles. The number of para-hydroxylation sites is 1. The van der Waals surface area contributed by atoms with E-state index in [1.54, 1.807) is 36.4 Å². The molecule has 0 bridgehead atoms. The van der Waals surface area contributed by atoms with Gasteiger partial charge in [0.05, 0.1) is 11.1 Å². The molecular weight excluding hydrogens is 497 g/mol. The molecule has 7 heteroatoms. The van der Waals surface area contributed by atoms with Crippen molar-refractivity contribution in [1.29, 1.82) is 0 Å². The van der Waals surface area contributed by atoms with Gasteiger partial charge in [-0.3, -0.25) is 9.78 Å². The van der Waals surface area contributed by atoms with E-state index in [1.807, 2.05) is 42.5 Å². The number of carbonyl (C=O) groups is 1. The zero-order valence-electron chi connectivity index (χ0n) is 19.4. The molecule has 4 aromatic carbocycles. The number of nitrogens with zero attached hydrogens (tertiary/aromatic N) is 1. The predicted molar refractivity (Wildman–Crippen MR) is 142 cm³/mol. The first-order chi connectivity index (χ1) is 17.8. The van der Waals surface area contributed by atoms with E-state index in [4.69, 9.17) is 11.6 Å². The number of aldehydes is 1. The van der Waals surface area contributed by atoms with Gasteiger partial charge in [-0.25, -0.2) is 0 Å². The molecule has 5 rings (SSSR count). The van der Waals surface area contributed by atoms with E-state index in [9.17, 15) is 18.0 Å². The zero-order chi connectivity index (χ0) is 26.0. The van der Waals surface area contributed by atoms with Gasteiger partial charge in [0.2, 0.25) is 0 Å². The highest BCUT2D eigenvalue weighted by Crippen LogP contribution is 2.42. The molecule has 1 N–H and O–H groups in total. The molecule has 0 saturated carbocycles. The maximum absolute atomic E-state index is 13.8. The number of rotatable bonds is 6. The quantitative estimate of drug-likeness (QED) is 0.230. The first-order valence-electron chi connectivity index (χ1n) is 11.5. The summed E-state index contributed by atoms with van der Waals surface area (Å²) in [7, 11) is 0. The highest BCUT2D eigenvalue weighted by molar-refractivity contribution is 6.30. The number of aromatic nitrogens is 1. The van der Waals surface area contributed by atoms with Gasteiger partial charge in [-0.1, -0.05) is 72.3 Å². The number of fused-ring (bicyclic) bond motifs is 1. The van der Waals surface area contributed by atoms with E-state index in [-0.39, 0.29) is 5.52 Å². The van der Waals surface area contributed by atoms with Crippen molar-refractivity contribution >= 4 is 34.5 Å². The summed E-state index contributed by atoms with van der Waals surface area (Å²) in [5, 5.41) is 4.34. The topological polar surface area (TPSA) is 42.0 Å². The summed E-state index contributed by atoms with van der Waals surface area (Å²) >= 11 is 6.09. The SMILES string of the molecule is O=Cc1ccccc1-c1cnc2c(C(F)(F)F)cccc2c1-c1cccc(NCc2cccc(Cl)c2)c1. The van der Waals surface area contributed by atoms with E-state index in [2.05, 4.69) is 10.3 Å². The average Bonchev–Trinajstić information content (AvgIpc) is 2.90. The molecule has 0 amide bonds. The summed E-state index contributed by atoms with van der Waals surface area (Å²) in [5.74, 6) is 0. The van der Waals surface area contributed by atoms with Crippen LogP contribution in [0.25, 0.3) is 33.2 Å².